The summed E-state index contributed by atoms with van der Waals surface area (Å²) in [6.07, 6.45) is 6.86. The van der Waals surface area contributed by atoms with Gasteiger partial charge >= 0.3 is 0 Å². The third-order valence-electron chi connectivity index (χ3n) is 12.9. The van der Waals surface area contributed by atoms with Crippen LogP contribution >= 0.6 is 22.7 Å². The van der Waals surface area contributed by atoms with Crippen LogP contribution in [0.3, 0.4) is 0 Å². The van der Waals surface area contributed by atoms with Crippen molar-refractivity contribution in [3.05, 3.63) is 199 Å². The minimum Gasteiger partial charge on any atom is -0.135 e. The fraction of sp³-hybridized carbons (Fsp3) is 0.0345. The Balaban J connectivity index is 1.10. The van der Waals surface area contributed by atoms with Crippen molar-refractivity contribution in [2.75, 3.05) is 0 Å². The molecule has 0 bridgehead atoms. The molecule has 60 heavy (non-hydrogen) atoms. The van der Waals surface area contributed by atoms with Gasteiger partial charge in [0.25, 0.3) is 0 Å². The Labute approximate surface area is 355 Å². The Hall–Kier alpha value is -6.84. The van der Waals surface area contributed by atoms with E-state index in [4.69, 9.17) is 0 Å². The van der Waals surface area contributed by atoms with E-state index in [-0.39, 0.29) is 0 Å². The smallest absolute Gasteiger partial charge is 0.0434 e. The average Bonchev–Trinajstić information content (AvgIpc) is 3.90. The molecular formula is C58H36S2. The molecule has 1 aliphatic carbocycles. The molecule has 0 saturated heterocycles. The number of thiophene rings is 2. The Bertz CT molecular complexity index is 3710. The van der Waals surface area contributed by atoms with Crippen LogP contribution in [-0.4, -0.2) is 0 Å². The predicted octanol–water partition coefficient (Wildman–Crippen LogP) is 17.5. The molecule has 13 rings (SSSR count). The van der Waals surface area contributed by atoms with E-state index < -0.39 is 0 Å². The number of hydrogen-bond acceptors (Lipinski definition) is 2. The molecule has 0 N–H and O–H groups in total. The van der Waals surface area contributed by atoms with Crippen LogP contribution in [0.5, 0.6) is 0 Å². The maximum atomic E-state index is 2.43. The molecule has 0 nitrogen and oxygen atoms in total. The van der Waals surface area contributed by atoms with Crippen molar-refractivity contribution in [3.8, 4) is 44.5 Å². The molecule has 0 saturated carbocycles. The summed E-state index contributed by atoms with van der Waals surface area (Å²) in [6.45, 7) is 0. The van der Waals surface area contributed by atoms with Crippen LogP contribution in [0.1, 0.15) is 17.5 Å². The van der Waals surface area contributed by atoms with E-state index >= 15 is 0 Å². The lowest BCUT2D eigenvalue weighted by Crippen LogP contribution is -2.02. The van der Waals surface area contributed by atoms with Crippen LogP contribution in [0.4, 0.5) is 0 Å². The van der Waals surface area contributed by atoms with Gasteiger partial charge in [0.05, 0.1) is 0 Å². The Morgan fingerprint density at radius 3 is 1.53 bits per heavy atom. The summed E-state index contributed by atoms with van der Waals surface area (Å²) in [5, 5.41) is 13.2. The molecule has 1 aliphatic rings. The molecule has 280 valence electrons. The largest absolute Gasteiger partial charge is 0.135 e. The van der Waals surface area contributed by atoms with Crippen molar-refractivity contribution in [1.29, 1.82) is 0 Å². The fourth-order valence-electron chi connectivity index (χ4n) is 10.5. The van der Waals surface area contributed by atoms with Crippen molar-refractivity contribution in [2.24, 2.45) is 0 Å². The molecule has 10 aromatic carbocycles. The Morgan fingerprint density at radius 2 is 0.817 bits per heavy atom. The molecule has 0 atom stereocenters. The molecule has 0 radical (unpaired) electrons. The summed E-state index contributed by atoms with van der Waals surface area (Å²) in [4.78, 5) is 0. The normalized spacial score (nSPS) is 12.8. The predicted molar refractivity (Wildman–Crippen MR) is 264 cm³/mol. The van der Waals surface area contributed by atoms with E-state index in [1.54, 1.807) is 0 Å². The van der Waals surface area contributed by atoms with Crippen LogP contribution in [0.2, 0.25) is 0 Å². The first kappa shape index (κ1) is 34.1. The zero-order valence-corrected chi connectivity index (χ0v) is 34.3. The van der Waals surface area contributed by atoms with Gasteiger partial charge in [-0.1, -0.05) is 182 Å². The van der Waals surface area contributed by atoms with E-state index in [0.29, 0.717) is 0 Å². The molecule has 0 unspecified atom stereocenters. The number of allylic oxidation sites excluding steroid dienone is 1. The highest BCUT2D eigenvalue weighted by Gasteiger charge is 2.26. The second-order valence-electron chi connectivity index (χ2n) is 16.1. The van der Waals surface area contributed by atoms with Gasteiger partial charge in [0.15, 0.2) is 0 Å². The van der Waals surface area contributed by atoms with E-state index in [1.165, 1.54) is 128 Å². The lowest BCUT2D eigenvalue weighted by molar-refractivity contribution is 0.992. The van der Waals surface area contributed by atoms with E-state index in [1.807, 2.05) is 22.7 Å². The fourth-order valence-corrected chi connectivity index (χ4v) is 13.0. The first-order valence-corrected chi connectivity index (χ1v) is 22.5. The van der Waals surface area contributed by atoms with E-state index in [9.17, 15) is 0 Å². The Morgan fingerprint density at radius 1 is 0.333 bits per heavy atom. The van der Waals surface area contributed by atoms with Gasteiger partial charge in [-0.15, -0.1) is 22.7 Å². The highest BCUT2D eigenvalue weighted by Crippen LogP contribution is 2.53. The van der Waals surface area contributed by atoms with Crippen molar-refractivity contribution in [1.82, 2.24) is 0 Å². The topological polar surface area (TPSA) is 0 Å². The van der Waals surface area contributed by atoms with Gasteiger partial charge in [-0.3, -0.25) is 0 Å². The molecular weight excluding hydrogens is 761 g/mol. The monoisotopic (exact) mass is 796 g/mol. The van der Waals surface area contributed by atoms with Crippen molar-refractivity contribution >= 4 is 101 Å². The van der Waals surface area contributed by atoms with Crippen molar-refractivity contribution < 1.29 is 0 Å². The van der Waals surface area contributed by atoms with Crippen molar-refractivity contribution in [3.63, 3.8) is 0 Å². The molecule has 0 amide bonds. The maximum Gasteiger partial charge on any atom is 0.0434 e. The van der Waals surface area contributed by atoms with Crippen LogP contribution in [0, 0.1) is 0 Å². The second-order valence-corrected chi connectivity index (χ2v) is 18.2. The molecule has 2 aromatic heterocycles. The third-order valence-corrected chi connectivity index (χ3v) is 15.4. The van der Waals surface area contributed by atoms with E-state index in [2.05, 4.69) is 194 Å². The van der Waals surface area contributed by atoms with Gasteiger partial charge in [0, 0.05) is 51.5 Å². The highest BCUT2D eigenvalue weighted by atomic mass is 32.1. The van der Waals surface area contributed by atoms with Crippen LogP contribution in [-0.2, 0) is 6.42 Å². The minimum atomic E-state index is 1.01. The van der Waals surface area contributed by atoms with Crippen LogP contribution in [0.25, 0.3) is 123 Å². The minimum absolute atomic E-state index is 1.01. The molecule has 2 heteroatoms. The standard InChI is InChI=1S/C58H36S2/c1-2-17-35(18-3-1)52-37-20-4-6-22-39(37)54(40-23-7-5-21-38(40)52)48-31-15-32-49-56-46(29-16-34-51(56)60-58(48)49)53-41-24-8-10-26-43(41)55(44-27-11-9-25-42(44)53)47-30-14-28-45-36-19-12-13-33-50(36)59-57(45)47/h1-8,10-24,26-34H,9,25H2. The van der Waals surface area contributed by atoms with Gasteiger partial charge in [0.2, 0.25) is 0 Å². The molecule has 0 aliphatic heterocycles. The third kappa shape index (κ3) is 4.90. The molecule has 0 spiro atoms. The SMILES string of the molecule is C1=Cc2c(c(-c3cccc4sc5c(-c6c7ccccc7c(-c7ccccc7)c7ccccc67)cccc5c34)c3ccccc3c2-c2cccc3c2sc2ccccc23)CC1. The summed E-state index contributed by atoms with van der Waals surface area (Å²) < 4.78 is 5.38. The summed E-state index contributed by atoms with van der Waals surface area (Å²) in [5.41, 5.74) is 13.4. The summed E-state index contributed by atoms with van der Waals surface area (Å²) in [6, 6.07) is 68.0. The maximum absolute atomic E-state index is 2.43. The average molecular weight is 797 g/mol. The molecule has 12 aromatic rings. The number of benzene rings is 10. The zero-order valence-electron chi connectivity index (χ0n) is 32.7. The zero-order chi connectivity index (χ0) is 39.3. The van der Waals surface area contributed by atoms with E-state index in [0.717, 1.165) is 12.8 Å². The number of hydrogen-bond donors (Lipinski definition) is 0. The highest BCUT2D eigenvalue weighted by molar-refractivity contribution is 7.26. The van der Waals surface area contributed by atoms with Gasteiger partial charge in [-0.2, -0.15) is 0 Å². The van der Waals surface area contributed by atoms with Gasteiger partial charge in [0.1, 0.15) is 0 Å². The quantitative estimate of drug-likeness (QED) is 0.156. The second kappa shape index (κ2) is 13.3. The van der Waals surface area contributed by atoms with Gasteiger partial charge in [-0.25, -0.2) is 0 Å². The molecule has 0 fully saturated rings. The first-order chi connectivity index (χ1) is 29.8. The Kier molecular flexibility index (Phi) is 7.57. The lowest BCUT2D eigenvalue weighted by Gasteiger charge is -2.24. The van der Waals surface area contributed by atoms with Crippen molar-refractivity contribution in [2.45, 2.75) is 12.8 Å². The first-order valence-electron chi connectivity index (χ1n) is 20.9. The van der Waals surface area contributed by atoms with Gasteiger partial charge < -0.3 is 0 Å². The summed E-state index contributed by atoms with van der Waals surface area (Å²) in [5.74, 6) is 0. The lowest BCUT2D eigenvalue weighted by atomic mass is 9.79. The van der Waals surface area contributed by atoms with Crippen LogP contribution in [0.15, 0.2) is 188 Å². The van der Waals surface area contributed by atoms with Crippen LogP contribution < -0.4 is 0 Å². The number of rotatable bonds is 4. The molecule has 2 heterocycles. The summed E-state index contributed by atoms with van der Waals surface area (Å²) >= 11 is 3.87. The number of fused-ring (bicyclic) bond motifs is 10. The van der Waals surface area contributed by atoms with Gasteiger partial charge in [-0.05, 0) is 102 Å². The summed E-state index contributed by atoms with van der Waals surface area (Å²) in [7, 11) is 0.